The van der Waals surface area contributed by atoms with E-state index in [1.807, 2.05) is 20.8 Å². The van der Waals surface area contributed by atoms with E-state index in [-0.39, 0.29) is 5.91 Å². The number of hydrogen-bond donors (Lipinski definition) is 1. The molecule has 2 rings (SSSR count). The van der Waals surface area contributed by atoms with Gasteiger partial charge in [0.05, 0.1) is 11.9 Å². The molecule has 24 heavy (non-hydrogen) atoms. The quantitative estimate of drug-likeness (QED) is 0.884. The van der Waals surface area contributed by atoms with E-state index < -0.39 is 21.6 Å². The fraction of sp³-hybridized carbons (Fsp3) is 0.562. The van der Waals surface area contributed by atoms with Crippen LogP contribution in [-0.4, -0.2) is 45.4 Å². The first-order valence-corrected chi connectivity index (χ1v) is 9.55. The Morgan fingerprint density at radius 1 is 1.21 bits per heavy atom. The van der Waals surface area contributed by atoms with Crippen LogP contribution in [0.2, 0.25) is 0 Å². The van der Waals surface area contributed by atoms with Crippen molar-refractivity contribution in [1.82, 2.24) is 5.32 Å². The van der Waals surface area contributed by atoms with Crippen LogP contribution in [-0.2, 0) is 14.8 Å². The molecule has 1 heterocycles. The summed E-state index contributed by atoms with van der Waals surface area (Å²) in [5, 5.41) is 2.80. The standard InChI is InChI=1S/C16H24N2O5S/c1-11(15(19)17-16(2,3)4)18(24(5,20)21)12-6-7-13-14(10-12)23-9-8-22-13/h6-7,10-11H,8-9H2,1-5H3,(H,17,19)/t11-/m0/s1. The van der Waals surface area contributed by atoms with Crippen LogP contribution in [0.25, 0.3) is 0 Å². The molecule has 0 saturated heterocycles. The highest BCUT2D eigenvalue weighted by Gasteiger charge is 2.31. The van der Waals surface area contributed by atoms with Gasteiger partial charge in [0.25, 0.3) is 0 Å². The third kappa shape index (κ3) is 4.31. The Labute approximate surface area is 143 Å². The number of rotatable bonds is 4. The smallest absolute Gasteiger partial charge is 0.244 e. The average Bonchev–Trinajstić information content (AvgIpc) is 2.44. The van der Waals surface area contributed by atoms with E-state index in [0.717, 1.165) is 10.6 Å². The van der Waals surface area contributed by atoms with Crippen LogP contribution in [0.1, 0.15) is 27.7 Å². The predicted octanol–water partition coefficient (Wildman–Crippen LogP) is 1.53. The summed E-state index contributed by atoms with van der Waals surface area (Å²) in [6.07, 6.45) is 1.07. The number of sulfonamides is 1. The predicted molar refractivity (Wildman–Crippen MR) is 92.1 cm³/mol. The molecule has 0 unspecified atom stereocenters. The molecule has 1 aliphatic heterocycles. The molecule has 0 fully saturated rings. The van der Waals surface area contributed by atoms with Crippen LogP contribution in [0.5, 0.6) is 11.5 Å². The lowest BCUT2D eigenvalue weighted by Gasteiger charge is -2.31. The zero-order valence-electron chi connectivity index (χ0n) is 14.6. The van der Waals surface area contributed by atoms with Crippen molar-refractivity contribution in [2.75, 3.05) is 23.8 Å². The van der Waals surface area contributed by atoms with Gasteiger partial charge in [-0.15, -0.1) is 0 Å². The second kappa shape index (κ2) is 6.51. The van der Waals surface area contributed by atoms with Crippen molar-refractivity contribution in [3.63, 3.8) is 0 Å². The molecule has 134 valence electrons. The van der Waals surface area contributed by atoms with Crippen LogP contribution >= 0.6 is 0 Å². The van der Waals surface area contributed by atoms with Gasteiger partial charge in [0.2, 0.25) is 15.9 Å². The summed E-state index contributed by atoms with van der Waals surface area (Å²) >= 11 is 0. The fourth-order valence-corrected chi connectivity index (χ4v) is 3.62. The van der Waals surface area contributed by atoms with Crippen molar-refractivity contribution in [2.45, 2.75) is 39.3 Å². The lowest BCUT2D eigenvalue weighted by atomic mass is 10.1. The molecule has 0 spiro atoms. The maximum Gasteiger partial charge on any atom is 0.244 e. The Morgan fingerprint density at radius 2 is 1.79 bits per heavy atom. The largest absolute Gasteiger partial charge is 0.486 e. The SMILES string of the molecule is C[C@@H](C(=O)NC(C)(C)C)N(c1ccc2c(c1)OCCO2)S(C)(=O)=O. The monoisotopic (exact) mass is 356 g/mol. The maximum atomic E-state index is 12.4. The van der Waals surface area contributed by atoms with Gasteiger partial charge in [-0.2, -0.15) is 0 Å². The number of carbonyl (C=O) groups is 1. The minimum atomic E-state index is -3.67. The van der Waals surface area contributed by atoms with Gasteiger partial charge in [-0.05, 0) is 39.8 Å². The number of amides is 1. The average molecular weight is 356 g/mol. The molecule has 0 aromatic heterocycles. The first-order chi connectivity index (χ1) is 11.0. The summed E-state index contributed by atoms with van der Waals surface area (Å²) in [6.45, 7) is 7.92. The van der Waals surface area contributed by atoms with Crippen molar-refractivity contribution in [3.05, 3.63) is 18.2 Å². The molecular formula is C16H24N2O5S. The molecule has 0 radical (unpaired) electrons. The van der Waals surface area contributed by atoms with E-state index in [0.29, 0.717) is 30.4 Å². The molecule has 0 aliphatic carbocycles. The minimum absolute atomic E-state index is 0.360. The van der Waals surface area contributed by atoms with Crippen LogP contribution in [0.3, 0.4) is 0 Å². The van der Waals surface area contributed by atoms with Crippen molar-refractivity contribution < 1.29 is 22.7 Å². The highest BCUT2D eigenvalue weighted by molar-refractivity contribution is 7.92. The fourth-order valence-electron chi connectivity index (χ4n) is 2.45. The number of carbonyl (C=O) groups excluding carboxylic acids is 1. The van der Waals surface area contributed by atoms with Gasteiger partial charge in [0.1, 0.15) is 19.3 Å². The lowest BCUT2D eigenvalue weighted by molar-refractivity contribution is -0.123. The van der Waals surface area contributed by atoms with Gasteiger partial charge in [0.15, 0.2) is 11.5 Å². The zero-order valence-corrected chi connectivity index (χ0v) is 15.4. The molecule has 1 amide bonds. The first-order valence-electron chi connectivity index (χ1n) is 7.70. The number of nitrogens with one attached hydrogen (secondary N) is 1. The lowest BCUT2D eigenvalue weighted by Crippen LogP contribution is -2.52. The highest BCUT2D eigenvalue weighted by atomic mass is 32.2. The molecule has 1 aliphatic rings. The van der Waals surface area contributed by atoms with E-state index in [1.54, 1.807) is 25.1 Å². The molecule has 0 bridgehead atoms. The van der Waals surface area contributed by atoms with Gasteiger partial charge in [-0.3, -0.25) is 9.10 Å². The first kappa shape index (κ1) is 18.4. The second-order valence-corrected chi connectivity index (χ2v) is 8.66. The molecule has 7 nitrogen and oxygen atoms in total. The maximum absolute atomic E-state index is 12.4. The van der Waals surface area contributed by atoms with Gasteiger partial charge >= 0.3 is 0 Å². The molecular weight excluding hydrogens is 332 g/mol. The summed E-state index contributed by atoms with van der Waals surface area (Å²) in [4.78, 5) is 12.4. The number of fused-ring (bicyclic) bond motifs is 1. The zero-order chi connectivity index (χ0) is 18.1. The van der Waals surface area contributed by atoms with Gasteiger partial charge < -0.3 is 14.8 Å². The van der Waals surface area contributed by atoms with Crippen LogP contribution in [0, 0.1) is 0 Å². The van der Waals surface area contributed by atoms with Gasteiger partial charge in [-0.1, -0.05) is 0 Å². The van der Waals surface area contributed by atoms with E-state index >= 15 is 0 Å². The van der Waals surface area contributed by atoms with E-state index in [2.05, 4.69) is 5.32 Å². The summed E-state index contributed by atoms with van der Waals surface area (Å²) < 4.78 is 36.6. The van der Waals surface area contributed by atoms with Gasteiger partial charge in [-0.25, -0.2) is 8.42 Å². The van der Waals surface area contributed by atoms with E-state index in [9.17, 15) is 13.2 Å². The Bertz CT molecular complexity index is 724. The third-order valence-electron chi connectivity index (χ3n) is 3.37. The van der Waals surface area contributed by atoms with Crippen LogP contribution in [0.15, 0.2) is 18.2 Å². The number of nitrogens with zero attached hydrogens (tertiary/aromatic N) is 1. The number of benzene rings is 1. The van der Waals surface area contributed by atoms with E-state index in [4.69, 9.17) is 9.47 Å². The molecule has 1 atom stereocenters. The number of anilines is 1. The van der Waals surface area contributed by atoms with E-state index in [1.165, 1.54) is 0 Å². The number of ether oxygens (including phenoxy) is 2. The van der Waals surface area contributed by atoms with Crippen molar-refractivity contribution >= 4 is 21.6 Å². The summed E-state index contributed by atoms with van der Waals surface area (Å²) in [7, 11) is -3.67. The molecule has 8 heteroatoms. The third-order valence-corrected chi connectivity index (χ3v) is 4.61. The summed E-state index contributed by atoms with van der Waals surface area (Å²) in [5.41, 5.74) is -0.0975. The Hall–Kier alpha value is -1.96. The normalized spacial score (nSPS) is 15.5. The van der Waals surface area contributed by atoms with Crippen LogP contribution < -0.4 is 19.1 Å². The summed E-state index contributed by atoms with van der Waals surface area (Å²) in [6, 6.07) is 3.93. The summed E-state index contributed by atoms with van der Waals surface area (Å²) in [5.74, 6) is 0.656. The molecule has 1 aromatic carbocycles. The Balaban J connectivity index is 2.38. The molecule has 0 saturated carbocycles. The van der Waals surface area contributed by atoms with Crippen molar-refractivity contribution in [3.8, 4) is 11.5 Å². The van der Waals surface area contributed by atoms with Crippen LogP contribution in [0.4, 0.5) is 5.69 Å². The Morgan fingerprint density at radius 3 is 2.33 bits per heavy atom. The Kier molecular flexibility index (Phi) is 4.98. The van der Waals surface area contributed by atoms with Crippen molar-refractivity contribution in [1.29, 1.82) is 0 Å². The molecule has 1 aromatic rings. The highest BCUT2D eigenvalue weighted by Crippen LogP contribution is 2.35. The molecule has 1 N–H and O–H groups in total. The van der Waals surface area contributed by atoms with Gasteiger partial charge in [0, 0.05) is 11.6 Å². The number of hydrogen-bond acceptors (Lipinski definition) is 5. The second-order valence-electron chi connectivity index (χ2n) is 6.80. The minimum Gasteiger partial charge on any atom is -0.486 e. The topological polar surface area (TPSA) is 84.9 Å². The van der Waals surface area contributed by atoms with Crippen molar-refractivity contribution in [2.24, 2.45) is 0 Å².